The average molecular weight is 400 g/mol. The summed E-state index contributed by atoms with van der Waals surface area (Å²) >= 11 is 0. The van der Waals surface area contributed by atoms with E-state index < -0.39 is 5.69 Å². The van der Waals surface area contributed by atoms with Gasteiger partial charge in [0.2, 0.25) is 5.95 Å². The van der Waals surface area contributed by atoms with Crippen LogP contribution >= 0.6 is 0 Å². The summed E-state index contributed by atoms with van der Waals surface area (Å²) in [4.78, 5) is 29.9. The van der Waals surface area contributed by atoms with E-state index in [1.165, 1.54) is 11.6 Å². The lowest BCUT2D eigenvalue weighted by Crippen LogP contribution is -2.37. The topological polar surface area (TPSA) is 106 Å². The first-order valence-corrected chi connectivity index (χ1v) is 9.76. The van der Waals surface area contributed by atoms with Crippen LogP contribution in [0.5, 0.6) is 0 Å². The van der Waals surface area contributed by atoms with Gasteiger partial charge in [-0.2, -0.15) is 4.98 Å². The summed E-state index contributed by atoms with van der Waals surface area (Å²) in [5.41, 5.74) is 0.993. The molecule has 0 radical (unpaired) electrons. The molecule has 0 spiro atoms. The first-order chi connectivity index (χ1) is 14.0. The van der Waals surface area contributed by atoms with Crippen LogP contribution in [0.3, 0.4) is 0 Å². The maximum absolute atomic E-state index is 12.9. The molecule has 2 heterocycles. The summed E-state index contributed by atoms with van der Waals surface area (Å²) in [5, 5.41) is 15.6. The Kier molecular flexibility index (Phi) is 6.50. The third-order valence-electron chi connectivity index (χ3n) is 5.04. The van der Waals surface area contributed by atoms with Crippen LogP contribution < -0.4 is 21.9 Å². The number of aliphatic hydroxyl groups is 1. The number of anilines is 1. The zero-order valence-electron chi connectivity index (χ0n) is 17.1. The fourth-order valence-corrected chi connectivity index (χ4v) is 3.31. The molecule has 3 N–H and O–H groups in total. The lowest BCUT2D eigenvalue weighted by atomic mass is 10.2. The number of rotatable bonds is 9. The molecule has 0 saturated carbocycles. The summed E-state index contributed by atoms with van der Waals surface area (Å²) in [6.45, 7) is 3.72. The van der Waals surface area contributed by atoms with Gasteiger partial charge in [0.25, 0.3) is 5.56 Å². The molecule has 0 aliphatic rings. The van der Waals surface area contributed by atoms with E-state index >= 15 is 0 Å². The van der Waals surface area contributed by atoms with E-state index in [2.05, 4.69) is 22.5 Å². The van der Waals surface area contributed by atoms with Crippen molar-refractivity contribution in [3.63, 3.8) is 0 Å². The van der Waals surface area contributed by atoms with Gasteiger partial charge < -0.3 is 15.7 Å². The van der Waals surface area contributed by atoms with Gasteiger partial charge in [-0.1, -0.05) is 37.3 Å². The van der Waals surface area contributed by atoms with Gasteiger partial charge in [-0.3, -0.25) is 18.5 Å². The van der Waals surface area contributed by atoms with Crippen molar-refractivity contribution in [3.8, 4) is 0 Å². The molecule has 0 fully saturated rings. The highest BCUT2D eigenvalue weighted by Gasteiger charge is 2.20. The third kappa shape index (κ3) is 4.25. The zero-order chi connectivity index (χ0) is 21.0. The molecule has 0 saturated heterocycles. The molecule has 1 aromatic carbocycles. The molecule has 0 unspecified atom stereocenters. The number of nitrogens with zero attached hydrogens (tertiary/aromatic N) is 4. The van der Waals surface area contributed by atoms with E-state index in [0.29, 0.717) is 36.7 Å². The summed E-state index contributed by atoms with van der Waals surface area (Å²) in [6, 6.07) is 9.86. The number of benzene rings is 1. The largest absolute Gasteiger partial charge is 0.395 e. The Balaban J connectivity index is 2.11. The smallest absolute Gasteiger partial charge is 0.332 e. The molecule has 156 valence electrons. The number of aliphatic hydroxyl groups excluding tert-OH is 1. The third-order valence-corrected chi connectivity index (χ3v) is 5.04. The molecular formula is C20H28N6O3. The minimum Gasteiger partial charge on any atom is -0.395 e. The highest BCUT2D eigenvalue weighted by atomic mass is 16.3. The van der Waals surface area contributed by atoms with Gasteiger partial charge in [0.15, 0.2) is 11.2 Å². The zero-order valence-corrected chi connectivity index (χ0v) is 17.1. The minimum atomic E-state index is -0.407. The molecule has 0 amide bonds. The van der Waals surface area contributed by atoms with Gasteiger partial charge in [-0.15, -0.1) is 0 Å². The number of aromatic nitrogens is 4. The monoisotopic (exact) mass is 400 g/mol. The van der Waals surface area contributed by atoms with Crippen molar-refractivity contribution in [1.82, 2.24) is 24.0 Å². The molecule has 0 bridgehead atoms. The van der Waals surface area contributed by atoms with Gasteiger partial charge in [0.05, 0.1) is 13.2 Å². The second-order valence-corrected chi connectivity index (χ2v) is 7.06. The summed E-state index contributed by atoms with van der Waals surface area (Å²) < 4.78 is 4.34. The highest BCUT2D eigenvalue weighted by Crippen LogP contribution is 2.19. The Hall–Kier alpha value is -2.91. The lowest BCUT2D eigenvalue weighted by molar-refractivity contribution is 0.291. The number of fused-ring (bicyclic) bond motifs is 1. The average Bonchev–Trinajstić information content (AvgIpc) is 3.08. The number of aryl methyl sites for hydroxylation is 1. The maximum atomic E-state index is 12.9. The number of hydrogen-bond acceptors (Lipinski definition) is 6. The molecule has 0 aliphatic heterocycles. The van der Waals surface area contributed by atoms with E-state index in [0.717, 1.165) is 16.6 Å². The molecule has 9 heteroatoms. The van der Waals surface area contributed by atoms with Crippen molar-refractivity contribution in [3.05, 3.63) is 56.7 Å². The van der Waals surface area contributed by atoms with Crippen LogP contribution in [0.15, 0.2) is 39.9 Å². The molecule has 29 heavy (non-hydrogen) atoms. The van der Waals surface area contributed by atoms with Crippen LogP contribution in [0, 0.1) is 0 Å². The highest BCUT2D eigenvalue weighted by molar-refractivity contribution is 5.74. The first-order valence-electron chi connectivity index (χ1n) is 9.76. The van der Waals surface area contributed by atoms with Crippen molar-refractivity contribution in [2.75, 3.05) is 25.0 Å². The predicted octanol–water partition coefficient (Wildman–Crippen LogP) is 0.254. The predicted molar refractivity (Wildman–Crippen MR) is 113 cm³/mol. The Labute approximate surface area is 168 Å². The number of nitrogens with one attached hydrogen (secondary N) is 2. The van der Waals surface area contributed by atoms with Gasteiger partial charge in [0, 0.05) is 33.2 Å². The first kappa shape index (κ1) is 20.8. The molecule has 3 rings (SSSR count). The Bertz CT molecular complexity index is 1080. The Morgan fingerprint density at radius 2 is 1.86 bits per heavy atom. The molecule has 9 nitrogen and oxygen atoms in total. The number of imidazole rings is 1. The van der Waals surface area contributed by atoms with Gasteiger partial charge >= 0.3 is 5.69 Å². The van der Waals surface area contributed by atoms with Crippen LogP contribution in [-0.4, -0.2) is 49.5 Å². The van der Waals surface area contributed by atoms with E-state index in [-0.39, 0.29) is 18.2 Å². The quantitative estimate of drug-likeness (QED) is 0.445. The summed E-state index contributed by atoms with van der Waals surface area (Å²) in [6.07, 6.45) is 0.823. The van der Waals surface area contributed by atoms with Crippen LogP contribution in [0.25, 0.3) is 11.2 Å². The molecule has 2 aromatic heterocycles. The van der Waals surface area contributed by atoms with Crippen LogP contribution in [0.4, 0.5) is 5.95 Å². The van der Waals surface area contributed by atoms with Gasteiger partial charge in [-0.05, 0) is 12.0 Å². The van der Waals surface area contributed by atoms with E-state index in [1.54, 1.807) is 7.05 Å². The van der Waals surface area contributed by atoms with Crippen molar-refractivity contribution >= 4 is 17.1 Å². The van der Waals surface area contributed by atoms with Crippen molar-refractivity contribution in [1.29, 1.82) is 0 Å². The molecule has 0 aliphatic carbocycles. The SMILES string of the molecule is CC[C@H](CNCCO)Nc1nc2c(c(=O)n(C)c(=O)n2C)n1Cc1ccccc1. The van der Waals surface area contributed by atoms with Crippen molar-refractivity contribution < 1.29 is 5.11 Å². The maximum Gasteiger partial charge on any atom is 0.332 e. The van der Waals surface area contributed by atoms with Gasteiger partial charge in [0.1, 0.15) is 0 Å². The molecular weight excluding hydrogens is 372 g/mol. The van der Waals surface area contributed by atoms with E-state index in [9.17, 15) is 9.59 Å². The van der Waals surface area contributed by atoms with Gasteiger partial charge in [-0.25, -0.2) is 4.79 Å². The van der Waals surface area contributed by atoms with Crippen molar-refractivity contribution in [2.45, 2.75) is 25.9 Å². The second kappa shape index (κ2) is 9.06. The normalized spacial score (nSPS) is 12.4. The fraction of sp³-hybridized carbons (Fsp3) is 0.450. The standard InChI is InChI=1S/C20H28N6O3/c1-4-15(12-21-10-11-27)22-19-23-17-16(18(28)25(3)20(29)24(17)2)26(19)13-14-8-6-5-7-9-14/h5-9,15,21,27H,4,10-13H2,1-3H3,(H,22,23)/t15-/m1/s1. The minimum absolute atomic E-state index is 0.0498. The summed E-state index contributed by atoms with van der Waals surface area (Å²) in [5.74, 6) is 0.541. The molecule has 1 atom stereocenters. The number of hydrogen-bond donors (Lipinski definition) is 3. The molecule has 3 aromatic rings. The van der Waals surface area contributed by atoms with E-state index in [4.69, 9.17) is 5.11 Å². The van der Waals surface area contributed by atoms with Crippen molar-refractivity contribution in [2.24, 2.45) is 14.1 Å². The fourth-order valence-electron chi connectivity index (χ4n) is 3.31. The summed E-state index contributed by atoms with van der Waals surface area (Å²) in [7, 11) is 3.10. The Morgan fingerprint density at radius 3 is 2.52 bits per heavy atom. The van der Waals surface area contributed by atoms with E-state index in [1.807, 2.05) is 34.9 Å². The van der Waals surface area contributed by atoms with Crippen LogP contribution in [-0.2, 0) is 20.6 Å². The van der Waals surface area contributed by atoms with Crippen LogP contribution in [0.2, 0.25) is 0 Å². The second-order valence-electron chi connectivity index (χ2n) is 7.06. The Morgan fingerprint density at radius 1 is 1.14 bits per heavy atom. The van der Waals surface area contributed by atoms with Crippen LogP contribution in [0.1, 0.15) is 18.9 Å². The lowest BCUT2D eigenvalue weighted by Gasteiger charge is -2.19.